The van der Waals surface area contributed by atoms with E-state index in [2.05, 4.69) is 66.5 Å². The number of nitrogens with one attached hydrogen (secondary N) is 1. The van der Waals surface area contributed by atoms with Gasteiger partial charge in [-0.2, -0.15) is 0 Å². The van der Waals surface area contributed by atoms with Crippen molar-refractivity contribution in [1.82, 2.24) is 5.32 Å². The summed E-state index contributed by atoms with van der Waals surface area (Å²) in [6.45, 7) is 4.32. The normalized spacial score (nSPS) is 34.9. The molecule has 1 aromatic heterocycles. The van der Waals surface area contributed by atoms with Crippen LogP contribution in [0.3, 0.4) is 0 Å². The van der Waals surface area contributed by atoms with E-state index in [1.54, 1.807) is 0 Å². The number of fused-ring (bicyclic) bond motifs is 6. The summed E-state index contributed by atoms with van der Waals surface area (Å²) in [7, 11) is 0. The SMILES string of the molecule is C=C1C2c3c(sc4ccccc34)/C3=C/C=C\C=C\C12N3. The Hall–Kier alpha value is -2.06. The Morgan fingerprint density at radius 3 is 3.00 bits per heavy atom. The topological polar surface area (TPSA) is 12.0 Å². The molecule has 0 saturated heterocycles. The third kappa shape index (κ3) is 1.10. The van der Waals surface area contributed by atoms with Crippen LogP contribution in [-0.4, -0.2) is 5.54 Å². The Labute approximate surface area is 121 Å². The second kappa shape index (κ2) is 3.33. The molecule has 20 heavy (non-hydrogen) atoms. The van der Waals surface area contributed by atoms with Crippen molar-refractivity contribution in [1.29, 1.82) is 0 Å². The minimum atomic E-state index is -0.0482. The van der Waals surface area contributed by atoms with Crippen LogP contribution in [0.15, 0.2) is 66.8 Å². The molecule has 1 fully saturated rings. The zero-order valence-electron chi connectivity index (χ0n) is 10.9. The molecule has 2 heteroatoms. The molecule has 1 spiro atoms. The highest BCUT2D eigenvalue weighted by molar-refractivity contribution is 7.20. The predicted octanol–water partition coefficient (Wildman–Crippen LogP) is 4.36. The van der Waals surface area contributed by atoms with Crippen molar-refractivity contribution in [2.45, 2.75) is 11.5 Å². The first-order chi connectivity index (χ1) is 9.81. The fraction of sp³-hybridized carbons (Fsp3) is 0.111. The number of allylic oxidation sites excluding steroid dienone is 4. The number of thiophene rings is 1. The number of hydrogen-bond donors (Lipinski definition) is 1. The van der Waals surface area contributed by atoms with Gasteiger partial charge in [-0.1, -0.05) is 49.1 Å². The maximum atomic E-state index is 4.32. The molecule has 5 rings (SSSR count). The molecule has 1 aromatic carbocycles. The number of hydrogen-bond acceptors (Lipinski definition) is 2. The average Bonchev–Trinajstić information content (AvgIpc) is 2.85. The lowest BCUT2D eigenvalue weighted by Crippen LogP contribution is -2.33. The Balaban J connectivity index is 1.91. The molecular formula is C18H13NS. The smallest absolute Gasteiger partial charge is 0.0885 e. The monoisotopic (exact) mass is 275 g/mol. The van der Waals surface area contributed by atoms with Gasteiger partial charge in [-0.05, 0) is 28.7 Å². The highest BCUT2D eigenvalue weighted by atomic mass is 32.1. The summed E-state index contributed by atoms with van der Waals surface area (Å²) in [4.78, 5) is 1.38. The molecule has 2 bridgehead atoms. The molecule has 3 heterocycles. The van der Waals surface area contributed by atoms with E-state index >= 15 is 0 Å². The van der Waals surface area contributed by atoms with Crippen LogP contribution in [0.1, 0.15) is 16.4 Å². The zero-order valence-corrected chi connectivity index (χ0v) is 11.7. The molecule has 3 aliphatic rings. The van der Waals surface area contributed by atoms with Crippen molar-refractivity contribution < 1.29 is 0 Å². The molecule has 1 saturated carbocycles. The van der Waals surface area contributed by atoms with Crippen LogP contribution in [0.2, 0.25) is 0 Å². The number of rotatable bonds is 0. The third-order valence-corrected chi connectivity index (χ3v) is 5.82. The van der Waals surface area contributed by atoms with Crippen LogP contribution >= 0.6 is 11.3 Å². The Morgan fingerprint density at radius 2 is 2.05 bits per heavy atom. The van der Waals surface area contributed by atoms with E-state index < -0.39 is 0 Å². The highest BCUT2D eigenvalue weighted by Gasteiger charge is 2.62. The molecule has 96 valence electrons. The summed E-state index contributed by atoms with van der Waals surface area (Å²) in [5, 5.41) is 5.10. The van der Waals surface area contributed by atoms with Crippen molar-refractivity contribution in [3.05, 3.63) is 77.2 Å². The van der Waals surface area contributed by atoms with Gasteiger partial charge in [0.25, 0.3) is 0 Å². The van der Waals surface area contributed by atoms with E-state index in [1.807, 2.05) is 11.3 Å². The van der Waals surface area contributed by atoms with E-state index in [9.17, 15) is 0 Å². The van der Waals surface area contributed by atoms with Crippen molar-refractivity contribution in [2.24, 2.45) is 0 Å². The van der Waals surface area contributed by atoms with Gasteiger partial charge < -0.3 is 5.32 Å². The molecule has 1 aliphatic carbocycles. The lowest BCUT2D eigenvalue weighted by atomic mass is 9.96. The van der Waals surface area contributed by atoms with Crippen molar-refractivity contribution >= 4 is 27.1 Å². The third-order valence-electron chi connectivity index (χ3n) is 4.60. The summed E-state index contributed by atoms with van der Waals surface area (Å²) in [6, 6.07) is 8.71. The summed E-state index contributed by atoms with van der Waals surface area (Å²) in [5.41, 5.74) is 3.95. The molecular weight excluding hydrogens is 262 g/mol. The largest absolute Gasteiger partial charge is 0.370 e. The summed E-state index contributed by atoms with van der Waals surface area (Å²) in [5.74, 6) is 0.425. The average molecular weight is 275 g/mol. The fourth-order valence-electron chi connectivity index (χ4n) is 3.58. The second-order valence-electron chi connectivity index (χ2n) is 5.62. The van der Waals surface area contributed by atoms with Gasteiger partial charge in [-0.3, -0.25) is 0 Å². The molecule has 0 amide bonds. The van der Waals surface area contributed by atoms with Gasteiger partial charge in [0.15, 0.2) is 0 Å². The van der Waals surface area contributed by atoms with Crippen LogP contribution in [-0.2, 0) is 0 Å². The molecule has 1 N–H and O–H groups in total. The van der Waals surface area contributed by atoms with Gasteiger partial charge >= 0.3 is 0 Å². The first-order valence-electron chi connectivity index (χ1n) is 6.87. The van der Waals surface area contributed by atoms with Gasteiger partial charge in [-0.15, -0.1) is 11.3 Å². The second-order valence-corrected chi connectivity index (χ2v) is 6.67. The minimum absolute atomic E-state index is 0.0482. The number of benzene rings is 1. The predicted molar refractivity (Wildman–Crippen MR) is 85.8 cm³/mol. The summed E-state index contributed by atoms with van der Waals surface area (Å²) < 4.78 is 1.37. The fourth-order valence-corrected chi connectivity index (χ4v) is 4.80. The first kappa shape index (κ1) is 10.7. The van der Waals surface area contributed by atoms with Crippen LogP contribution < -0.4 is 5.32 Å². The van der Waals surface area contributed by atoms with Crippen molar-refractivity contribution in [3.63, 3.8) is 0 Å². The molecule has 2 aromatic rings. The van der Waals surface area contributed by atoms with Gasteiger partial charge in [0.1, 0.15) is 0 Å². The van der Waals surface area contributed by atoms with E-state index in [0.29, 0.717) is 5.92 Å². The molecule has 2 atom stereocenters. The van der Waals surface area contributed by atoms with E-state index in [0.717, 1.165) is 0 Å². The Bertz CT molecular complexity index is 865. The van der Waals surface area contributed by atoms with E-state index in [-0.39, 0.29) is 5.54 Å². The highest BCUT2D eigenvalue weighted by Crippen LogP contribution is 2.64. The van der Waals surface area contributed by atoms with Crippen LogP contribution in [0.25, 0.3) is 15.8 Å². The van der Waals surface area contributed by atoms with Crippen LogP contribution in [0.4, 0.5) is 0 Å². The van der Waals surface area contributed by atoms with Gasteiger partial charge in [0.05, 0.1) is 16.1 Å². The molecule has 0 radical (unpaired) electrons. The lowest BCUT2D eigenvalue weighted by Gasteiger charge is -2.25. The van der Waals surface area contributed by atoms with Crippen molar-refractivity contribution in [3.8, 4) is 0 Å². The maximum absolute atomic E-state index is 4.32. The van der Waals surface area contributed by atoms with Crippen LogP contribution in [0.5, 0.6) is 0 Å². The molecule has 2 aliphatic heterocycles. The molecule has 2 unspecified atom stereocenters. The quantitative estimate of drug-likeness (QED) is 0.704. The Morgan fingerprint density at radius 1 is 1.15 bits per heavy atom. The van der Waals surface area contributed by atoms with Crippen LogP contribution in [0, 0.1) is 0 Å². The lowest BCUT2D eigenvalue weighted by molar-refractivity contribution is 0.695. The minimum Gasteiger partial charge on any atom is -0.370 e. The zero-order chi connectivity index (χ0) is 13.3. The molecule has 1 nitrogen and oxygen atoms in total. The van der Waals surface area contributed by atoms with E-state index in [4.69, 9.17) is 0 Å². The van der Waals surface area contributed by atoms with Gasteiger partial charge in [-0.25, -0.2) is 0 Å². The maximum Gasteiger partial charge on any atom is 0.0885 e. The van der Waals surface area contributed by atoms with Gasteiger partial charge in [0, 0.05) is 10.6 Å². The summed E-state index contributed by atoms with van der Waals surface area (Å²) >= 11 is 1.88. The van der Waals surface area contributed by atoms with Crippen molar-refractivity contribution in [2.75, 3.05) is 0 Å². The van der Waals surface area contributed by atoms with E-state index in [1.165, 1.54) is 31.8 Å². The summed E-state index contributed by atoms with van der Waals surface area (Å²) in [6.07, 6.45) is 10.8. The standard InChI is InChI=1S/C18H13NS/c1-11-16-15-12-7-4-5-9-14(12)20-17(15)13-8-3-2-6-10-18(11,16)19-13/h2-10,16,19H,1H2/b3-2-,10-6+,13-8-. The van der Waals surface area contributed by atoms with Gasteiger partial charge in [0.2, 0.25) is 0 Å². The Kier molecular flexibility index (Phi) is 1.78. The first-order valence-corrected chi connectivity index (χ1v) is 7.68.